The number of nitrogens with two attached hydrogens (primary N) is 1. The van der Waals surface area contributed by atoms with E-state index in [2.05, 4.69) is 41.9 Å². The highest BCUT2D eigenvalue weighted by atomic mass is 16.3. The molecular formula is C41H51N7O2. The van der Waals surface area contributed by atoms with Crippen LogP contribution in [0, 0.1) is 0 Å². The number of rotatable bonds is 20. The molecule has 0 amide bonds. The van der Waals surface area contributed by atoms with Gasteiger partial charge < -0.3 is 10.8 Å². The Labute approximate surface area is 297 Å². The van der Waals surface area contributed by atoms with Crippen LogP contribution in [0.3, 0.4) is 0 Å². The number of phenolic OH excluding ortho intramolecular Hbond substituents is 1. The van der Waals surface area contributed by atoms with Crippen LogP contribution in [0.4, 0.5) is 0 Å². The molecule has 5 aromatic rings. The smallest absolute Gasteiger partial charge is 0.133 e. The van der Waals surface area contributed by atoms with Crippen LogP contribution in [0.15, 0.2) is 110 Å². The Morgan fingerprint density at radius 3 is 1.36 bits per heavy atom. The second kappa shape index (κ2) is 20.6. The molecule has 50 heavy (non-hydrogen) atoms. The summed E-state index contributed by atoms with van der Waals surface area (Å²) < 4.78 is 0. The monoisotopic (exact) mass is 673 g/mol. The Morgan fingerprint density at radius 2 is 1.00 bits per heavy atom. The normalized spacial score (nSPS) is 11.1. The summed E-state index contributed by atoms with van der Waals surface area (Å²) in [6.45, 7) is 3.96. The first-order chi connectivity index (χ1) is 24.1. The molecule has 0 fully saturated rings. The summed E-state index contributed by atoms with van der Waals surface area (Å²) in [6.07, 6.45) is 11.6. The molecule has 0 saturated carbocycles. The van der Waals surface area contributed by atoms with E-state index in [1.807, 2.05) is 72.8 Å². The van der Waals surface area contributed by atoms with Gasteiger partial charge in [-0.25, -0.2) is 0 Å². The van der Waals surface area contributed by atoms with Crippen LogP contribution < -0.4 is 5.73 Å². The highest BCUT2D eigenvalue weighted by Gasteiger charge is 2.19. The summed E-state index contributed by atoms with van der Waals surface area (Å²) in [5, 5.41) is 11.9. The minimum absolute atomic E-state index is 0. The molecule has 9 heteroatoms. The van der Waals surface area contributed by atoms with Crippen LogP contribution in [0.2, 0.25) is 0 Å². The second-order valence-electron chi connectivity index (χ2n) is 12.5. The Balaban J connectivity index is 0.00000562. The number of hydrogen-bond acceptors (Lipinski definition) is 9. The zero-order valence-electron chi connectivity index (χ0n) is 28.2. The number of benzene rings is 1. The molecule has 1 aromatic carbocycles. The molecule has 4 aromatic heterocycles. The molecule has 0 radical (unpaired) electrons. The van der Waals surface area contributed by atoms with Crippen LogP contribution in [-0.2, 0) is 50.5 Å². The van der Waals surface area contributed by atoms with E-state index in [-0.39, 0.29) is 19.0 Å². The maximum absolute atomic E-state index is 12.9. The molecule has 0 spiro atoms. The first-order valence-corrected chi connectivity index (χ1v) is 17.2. The molecule has 0 atom stereocenters. The molecule has 0 aliphatic heterocycles. The van der Waals surface area contributed by atoms with Crippen molar-refractivity contribution < 1.29 is 9.90 Å². The number of nitrogens with zero attached hydrogens (tertiary/aromatic N) is 6. The lowest BCUT2D eigenvalue weighted by Crippen LogP contribution is -2.25. The van der Waals surface area contributed by atoms with E-state index in [0.29, 0.717) is 65.1 Å². The third-order valence-electron chi connectivity index (χ3n) is 8.41. The largest absolute Gasteiger partial charge is 0.507 e. The Morgan fingerprint density at radius 1 is 0.580 bits per heavy atom. The third-order valence-corrected chi connectivity index (χ3v) is 8.41. The van der Waals surface area contributed by atoms with Crippen LogP contribution in [0.5, 0.6) is 5.75 Å². The SMILES string of the molecule is C.NCCCCCC(=O)CCc1cc(CN(Cc2ccccn2)Cc2ccccn2)c(O)c(CN(Cc2ccccn2)Cc2ccccn2)c1. The van der Waals surface area contributed by atoms with Crippen molar-refractivity contribution in [1.82, 2.24) is 29.7 Å². The summed E-state index contributed by atoms with van der Waals surface area (Å²) in [5.74, 6) is 0.517. The van der Waals surface area contributed by atoms with E-state index < -0.39 is 0 Å². The molecule has 5 rings (SSSR count). The number of carbonyl (C=O) groups is 1. The standard InChI is InChI=1S/C40H47N7O2.CH4/c41-19-7-1-2-16-39(48)18-17-32-24-33(26-46(28-35-12-3-8-20-42-35)29-36-13-4-9-21-43-36)40(49)34(25-32)27-47(30-37-14-5-10-22-44-37)31-38-15-6-11-23-45-38;/h3-6,8-15,20-25,49H,1-2,7,16-19,26-31,41H2;1H4. The third kappa shape index (κ3) is 12.6. The summed E-state index contributed by atoms with van der Waals surface area (Å²) in [4.78, 5) is 35.7. The number of phenols is 1. The predicted molar refractivity (Wildman–Crippen MR) is 199 cm³/mol. The van der Waals surface area contributed by atoms with Crippen molar-refractivity contribution in [2.24, 2.45) is 5.73 Å². The molecule has 0 aliphatic rings. The van der Waals surface area contributed by atoms with Crippen molar-refractivity contribution in [2.45, 2.75) is 85.2 Å². The van der Waals surface area contributed by atoms with Crippen molar-refractivity contribution in [3.63, 3.8) is 0 Å². The number of pyridine rings is 4. The quantitative estimate of drug-likeness (QED) is 0.0839. The van der Waals surface area contributed by atoms with Gasteiger partial charge in [0.05, 0.1) is 22.8 Å². The zero-order chi connectivity index (χ0) is 34.1. The van der Waals surface area contributed by atoms with Gasteiger partial charge in [0.25, 0.3) is 0 Å². The average Bonchev–Trinajstić information content (AvgIpc) is 3.12. The van der Waals surface area contributed by atoms with Gasteiger partial charge in [-0.1, -0.05) is 50.2 Å². The molecule has 0 saturated heterocycles. The lowest BCUT2D eigenvalue weighted by Gasteiger charge is -2.26. The Kier molecular flexibility index (Phi) is 15.7. The average molecular weight is 674 g/mol. The van der Waals surface area contributed by atoms with E-state index in [4.69, 9.17) is 5.73 Å². The fourth-order valence-corrected chi connectivity index (χ4v) is 5.97. The summed E-state index contributed by atoms with van der Waals surface area (Å²) in [7, 11) is 0. The predicted octanol–water partition coefficient (Wildman–Crippen LogP) is 7.03. The number of Topliss-reactive ketones (excluding diaryl/α,β-unsaturated/α-hetero) is 1. The van der Waals surface area contributed by atoms with E-state index in [9.17, 15) is 9.90 Å². The minimum atomic E-state index is 0. The number of aryl methyl sites for hydroxylation is 1. The second-order valence-corrected chi connectivity index (χ2v) is 12.5. The van der Waals surface area contributed by atoms with Crippen LogP contribution in [0.1, 0.15) is 79.0 Å². The van der Waals surface area contributed by atoms with Gasteiger partial charge in [0.15, 0.2) is 0 Å². The molecule has 0 bridgehead atoms. The fraction of sp³-hybridized carbons (Fsp3) is 0.341. The van der Waals surface area contributed by atoms with E-state index >= 15 is 0 Å². The van der Waals surface area contributed by atoms with Gasteiger partial charge in [0.1, 0.15) is 11.5 Å². The lowest BCUT2D eigenvalue weighted by atomic mass is 9.97. The maximum atomic E-state index is 12.9. The number of aromatic hydroxyl groups is 1. The Hall–Kier alpha value is -4.83. The van der Waals surface area contributed by atoms with E-state index in [1.165, 1.54) is 0 Å². The van der Waals surface area contributed by atoms with E-state index in [1.54, 1.807) is 24.8 Å². The molecule has 9 nitrogen and oxygen atoms in total. The topological polar surface area (TPSA) is 121 Å². The van der Waals surface area contributed by atoms with Crippen molar-refractivity contribution in [3.05, 3.63) is 149 Å². The molecule has 262 valence electrons. The van der Waals surface area contributed by atoms with Crippen LogP contribution in [-0.4, -0.2) is 47.2 Å². The number of ketones is 1. The number of hydrogen-bond donors (Lipinski definition) is 2. The summed E-state index contributed by atoms with van der Waals surface area (Å²) >= 11 is 0. The number of aromatic nitrogens is 4. The zero-order valence-corrected chi connectivity index (χ0v) is 28.2. The van der Waals surface area contributed by atoms with Crippen molar-refractivity contribution in [2.75, 3.05) is 6.54 Å². The number of unbranched alkanes of at least 4 members (excludes halogenated alkanes) is 2. The van der Waals surface area contributed by atoms with Gasteiger partial charge in [0.2, 0.25) is 0 Å². The minimum Gasteiger partial charge on any atom is -0.507 e. The fourth-order valence-electron chi connectivity index (χ4n) is 5.97. The van der Waals surface area contributed by atoms with Gasteiger partial charge in [-0.15, -0.1) is 0 Å². The van der Waals surface area contributed by atoms with Crippen LogP contribution >= 0.6 is 0 Å². The van der Waals surface area contributed by atoms with Crippen molar-refractivity contribution >= 4 is 5.78 Å². The van der Waals surface area contributed by atoms with Gasteiger partial charge in [0, 0.05) is 88.0 Å². The van der Waals surface area contributed by atoms with Crippen molar-refractivity contribution in [1.29, 1.82) is 0 Å². The maximum Gasteiger partial charge on any atom is 0.133 e. The molecular weight excluding hydrogens is 622 g/mol. The van der Waals surface area contributed by atoms with Gasteiger partial charge in [-0.3, -0.25) is 34.5 Å². The highest BCUT2D eigenvalue weighted by Crippen LogP contribution is 2.30. The van der Waals surface area contributed by atoms with Crippen molar-refractivity contribution in [3.8, 4) is 5.75 Å². The van der Waals surface area contributed by atoms with Gasteiger partial charge in [-0.05, 0) is 79.9 Å². The van der Waals surface area contributed by atoms with Gasteiger partial charge in [-0.2, -0.15) is 0 Å². The first-order valence-electron chi connectivity index (χ1n) is 17.2. The molecule has 3 N–H and O–H groups in total. The summed E-state index contributed by atoms with van der Waals surface area (Å²) in [6, 6.07) is 27.8. The van der Waals surface area contributed by atoms with E-state index in [0.717, 1.165) is 58.7 Å². The number of carbonyl (C=O) groups excluding carboxylic acids is 1. The van der Waals surface area contributed by atoms with Crippen LogP contribution in [0.25, 0.3) is 0 Å². The molecule has 0 unspecified atom stereocenters. The van der Waals surface area contributed by atoms with Gasteiger partial charge >= 0.3 is 0 Å². The first kappa shape index (κ1) is 38.0. The summed E-state index contributed by atoms with van der Waals surface area (Å²) in [5.41, 5.74) is 12.0. The highest BCUT2D eigenvalue weighted by molar-refractivity contribution is 5.78. The molecule has 0 aliphatic carbocycles. The lowest BCUT2D eigenvalue weighted by molar-refractivity contribution is -0.119. The molecule has 4 heterocycles. The Bertz CT molecular complexity index is 1500.